The Bertz CT molecular complexity index is 541. The van der Waals surface area contributed by atoms with Gasteiger partial charge in [0.2, 0.25) is 5.95 Å². The van der Waals surface area contributed by atoms with Gasteiger partial charge in [-0.3, -0.25) is 0 Å². The number of benzene rings is 1. The summed E-state index contributed by atoms with van der Waals surface area (Å²) in [6.07, 6.45) is 3.79. The van der Waals surface area contributed by atoms with Gasteiger partial charge in [0.25, 0.3) is 0 Å². The summed E-state index contributed by atoms with van der Waals surface area (Å²) in [6.45, 7) is 0.935. The maximum absolute atomic E-state index is 4.63. The van der Waals surface area contributed by atoms with Crippen LogP contribution in [0.3, 0.4) is 0 Å². The van der Waals surface area contributed by atoms with E-state index in [1.54, 1.807) is 0 Å². The van der Waals surface area contributed by atoms with E-state index >= 15 is 0 Å². The maximum Gasteiger partial charge on any atom is 0.246 e. The zero-order chi connectivity index (χ0) is 12.4. The van der Waals surface area contributed by atoms with E-state index < -0.39 is 0 Å². The van der Waals surface area contributed by atoms with E-state index in [2.05, 4.69) is 36.0 Å². The average molecular weight is 307 g/mol. The fraction of sp³-hybridized carbons (Fsp3) is 0.462. The number of hydrogen-bond acceptors (Lipinski definition) is 4. The third kappa shape index (κ3) is 2.19. The van der Waals surface area contributed by atoms with Gasteiger partial charge < -0.3 is 4.90 Å². The van der Waals surface area contributed by atoms with E-state index in [1.807, 2.05) is 24.3 Å². The highest BCUT2D eigenvalue weighted by atomic mass is 79.9. The minimum Gasteiger partial charge on any atom is -0.336 e. The minimum atomic E-state index is 0.588. The van der Waals surface area contributed by atoms with Gasteiger partial charge in [-0.25, -0.2) is 4.98 Å². The SMILES string of the molecule is BrCCN(c1nnc2ccccc2n1)C1CCC1. The first-order valence-electron chi connectivity index (χ1n) is 6.30. The lowest BCUT2D eigenvalue weighted by atomic mass is 9.92. The van der Waals surface area contributed by atoms with Crippen LogP contribution in [0, 0.1) is 0 Å². The van der Waals surface area contributed by atoms with Gasteiger partial charge in [-0.1, -0.05) is 28.1 Å². The van der Waals surface area contributed by atoms with Gasteiger partial charge >= 0.3 is 0 Å². The normalized spacial score (nSPS) is 15.6. The zero-order valence-electron chi connectivity index (χ0n) is 10.1. The summed E-state index contributed by atoms with van der Waals surface area (Å²) in [5, 5.41) is 9.46. The van der Waals surface area contributed by atoms with Crippen molar-refractivity contribution in [2.45, 2.75) is 25.3 Å². The first kappa shape index (κ1) is 11.8. The highest BCUT2D eigenvalue weighted by Crippen LogP contribution is 2.27. The number of rotatable bonds is 4. The molecule has 0 spiro atoms. The van der Waals surface area contributed by atoms with Crippen molar-refractivity contribution >= 4 is 32.9 Å². The molecule has 0 unspecified atom stereocenters. The van der Waals surface area contributed by atoms with E-state index in [9.17, 15) is 0 Å². The molecule has 0 atom stereocenters. The highest BCUT2D eigenvalue weighted by molar-refractivity contribution is 9.09. The Labute approximate surface area is 115 Å². The lowest BCUT2D eigenvalue weighted by Crippen LogP contribution is -2.42. The molecule has 1 aromatic heterocycles. The Hall–Kier alpha value is -1.23. The van der Waals surface area contributed by atoms with Gasteiger partial charge in [0, 0.05) is 17.9 Å². The van der Waals surface area contributed by atoms with E-state index in [4.69, 9.17) is 0 Å². The minimum absolute atomic E-state index is 0.588. The van der Waals surface area contributed by atoms with Crippen molar-refractivity contribution in [3.8, 4) is 0 Å². The highest BCUT2D eigenvalue weighted by Gasteiger charge is 2.26. The molecule has 4 nitrogen and oxygen atoms in total. The second-order valence-corrected chi connectivity index (χ2v) is 5.36. The summed E-state index contributed by atoms with van der Waals surface area (Å²) in [4.78, 5) is 6.90. The second kappa shape index (κ2) is 5.18. The first-order chi connectivity index (χ1) is 8.88. The molecule has 3 rings (SSSR count). The predicted octanol–water partition coefficient (Wildman–Crippen LogP) is 2.78. The molecular weight excluding hydrogens is 292 g/mol. The van der Waals surface area contributed by atoms with Crippen LogP contribution in [0.1, 0.15) is 19.3 Å². The van der Waals surface area contributed by atoms with Crippen molar-refractivity contribution in [1.29, 1.82) is 0 Å². The fourth-order valence-electron chi connectivity index (χ4n) is 2.23. The van der Waals surface area contributed by atoms with Gasteiger partial charge in [0.15, 0.2) is 0 Å². The molecule has 1 heterocycles. The summed E-state index contributed by atoms with van der Waals surface area (Å²) in [7, 11) is 0. The van der Waals surface area contributed by atoms with Crippen LogP contribution in [0.4, 0.5) is 5.95 Å². The van der Waals surface area contributed by atoms with Crippen molar-refractivity contribution in [1.82, 2.24) is 15.2 Å². The van der Waals surface area contributed by atoms with Crippen LogP contribution in [0.15, 0.2) is 24.3 Å². The van der Waals surface area contributed by atoms with Gasteiger partial charge in [-0.2, -0.15) is 0 Å². The molecule has 1 fully saturated rings. The molecular formula is C13H15BrN4. The van der Waals surface area contributed by atoms with Gasteiger partial charge in [-0.05, 0) is 31.4 Å². The van der Waals surface area contributed by atoms with Crippen LogP contribution in [-0.4, -0.2) is 33.1 Å². The molecule has 94 valence electrons. The number of hydrogen-bond donors (Lipinski definition) is 0. The molecule has 5 heteroatoms. The fourth-order valence-corrected chi connectivity index (χ4v) is 2.61. The number of alkyl halides is 1. The number of fused-ring (bicyclic) bond motifs is 1. The van der Waals surface area contributed by atoms with E-state index in [0.717, 1.165) is 28.9 Å². The zero-order valence-corrected chi connectivity index (χ0v) is 11.7. The van der Waals surface area contributed by atoms with Crippen LogP contribution in [0.5, 0.6) is 0 Å². The lowest BCUT2D eigenvalue weighted by Gasteiger charge is -2.37. The number of nitrogens with zero attached hydrogens (tertiary/aromatic N) is 4. The maximum atomic E-state index is 4.63. The Balaban J connectivity index is 1.95. The third-order valence-corrected chi connectivity index (χ3v) is 3.80. The number of aromatic nitrogens is 3. The van der Waals surface area contributed by atoms with Crippen molar-refractivity contribution in [3.63, 3.8) is 0 Å². The first-order valence-corrected chi connectivity index (χ1v) is 7.43. The molecule has 0 N–H and O–H groups in total. The molecule has 18 heavy (non-hydrogen) atoms. The molecule has 1 aromatic carbocycles. The van der Waals surface area contributed by atoms with Crippen LogP contribution >= 0.6 is 15.9 Å². The van der Waals surface area contributed by atoms with Gasteiger partial charge in [0.1, 0.15) is 5.52 Å². The van der Waals surface area contributed by atoms with Crippen LogP contribution in [-0.2, 0) is 0 Å². The summed E-state index contributed by atoms with van der Waals surface area (Å²) in [5.41, 5.74) is 1.77. The summed E-state index contributed by atoms with van der Waals surface area (Å²) < 4.78 is 0. The standard InChI is InChI=1S/C13H15BrN4/c14-8-9-18(10-4-3-5-10)13-15-11-6-1-2-7-12(11)16-17-13/h1-2,6-7,10H,3-5,8-9H2. The third-order valence-electron chi connectivity index (χ3n) is 3.45. The van der Waals surface area contributed by atoms with Crippen LogP contribution in [0.2, 0.25) is 0 Å². The summed E-state index contributed by atoms with van der Waals surface area (Å²) >= 11 is 3.50. The van der Waals surface area contributed by atoms with E-state index in [-0.39, 0.29) is 0 Å². The average Bonchev–Trinajstić information content (AvgIpc) is 2.35. The molecule has 1 saturated carbocycles. The van der Waals surface area contributed by atoms with E-state index in [1.165, 1.54) is 19.3 Å². The largest absolute Gasteiger partial charge is 0.336 e. The van der Waals surface area contributed by atoms with Gasteiger partial charge in [0.05, 0.1) is 5.52 Å². The molecule has 1 aliphatic carbocycles. The van der Waals surface area contributed by atoms with Crippen LogP contribution in [0.25, 0.3) is 11.0 Å². The van der Waals surface area contributed by atoms with E-state index in [0.29, 0.717) is 6.04 Å². The smallest absolute Gasteiger partial charge is 0.246 e. The van der Waals surface area contributed by atoms with Gasteiger partial charge in [-0.15, -0.1) is 10.2 Å². The van der Waals surface area contributed by atoms with Crippen molar-refractivity contribution in [3.05, 3.63) is 24.3 Å². The quantitative estimate of drug-likeness (QED) is 0.815. The van der Waals surface area contributed by atoms with Crippen molar-refractivity contribution in [2.75, 3.05) is 16.8 Å². The van der Waals surface area contributed by atoms with Crippen molar-refractivity contribution < 1.29 is 0 Å². The number of halogens is 1. The Morgan fingerprint density at radius 3 is 2.61 bits per heavy atom. The molecule has 0 radical (unpaired) electrons. The predicted molar refractivity (Wildman–Crippen MR) is 76.1 cm³/mol. The number of para-hydroxylation sites is 1. The molecule has 0 saturated heterocycles. The number of anilines is 1. The molecule has 0 bridgehead atoms. The Morgan fingerprint density at radius 2 is 1.94 bits per heavy atom. The molecule has 0 amide bonds. The Morgan fingerprint density at radius 1 is 1.17 bits per heavy atom. The summed E-state index contributed by atoms with van der Waals surface area (Å²) in [6, 6.07) is 8.46. The van der Waals surface area contributed by atoms with Crippen molar-refractivity contribution in [2.24, 2.45) is 0 Å². The summed E-state index contributed by atoms with van der Waals surface area (Å²) in [5.74, 6) is 0.762. The molecule has 0 aliphatic heterocycles. The monoisotopic (exact) mass is 306 g/mol. The second-order valence-electron chi connectivity index (χ2n) is 4.57. The molecule has 1 aliphatic rings. The Kier molecular flexibility index (Phi) is 3.41. The van der Waals surface area contributed by atoms with Crippen LogP contribution < -0.4 is 4.90 Å². The molecule has 2 aromatic rings. The topological polar surface area (TPSA) is 41.9 Å². The lowest BCUT2D eigenvalue weighted by molar-refractivity contribution is 0.386.